The van der Waals surface area contributed by atoms with Crippen LogP contribution in [0.3, 0.4) is 0 Å². The molecule has 4 rings (SSSR count). The molecule has 5 nitrogen and oxygen atoms in total. The number of nitrogens with zero attached hydrogens (tertiary/aromatic N) is 2. The second kappa shape index (κ2) is 8.36. The SMILES string of the molecule is CC[C@H](C)NC(=O)[C@H]1Cc2ccc(OC)cc2N2CCN(c3ccccc3)C[C@H]12. The fourth-order valence-electron chi connectivity index (χ4n) is 4.53. The normalized spacial score (nSPS) is 21.8. The van der Waals surface area contributed by atoms with Crippen LogP contribution in [-0.2, 0) is 11.2 Å². The van der Waals surface area contributed by atoms with Crippen molar-refractivity contribution in [3.8, 4) is 5.75 Å². The van der Waals surface area contributed by atoms with Gasteiger partial charge in [-0.1, -0.05) is 31.2 Å². The topological polar surface area (TPSA) is 44.8 Å². The largest absolute Gasteiger partial charge is 0.497 e. The van der Waals surface area contributed by atoms with E-state index in [4.69, 9.17) is 4.74 Å². The summed E-state index contributed by atoms with van der Waals surface area (Å²) in [5.74, 6) is 0.984. The number of carbonyl (C=O) groups excluding carboxylic acids is 1. The standard InChI is InChI=1S/C24H31N3O2/c1-4-17(2)25-24(28)21-14-18-10-11-20(29-3)15-22(18)27-13-12-26(16-23(21)27)19-8-6-5-7-9-19/h5-11,15,17,21,23H,4,12-14,16H2,1-3H3,(H,25,28)/t17-,21-,23+/m0/s1. The molecule has 1 saturated heterocycles. The molecule has 0 radical (unpaired) electrons. The number of rotatable bonds is 5. The molecular formula is C24H31N3O2. The van der Waals surface area contributed by atoms with Crippen LogP contribution in [0.15, 0.2) is 48.5 Å². The van der Waals surface area contributed by atoms with Crippen LogP contribution in [-0.4, -0.2) is 44.7 Å². The summed E-state index contributed by atoms with van der Waals surface area (Å²) < 4.78 is 5.48. The van der Waals surface area contributed by atoms with Gasteiger partial charge in [0.05, 0.1) is 19.1 Å². The molecule has 2 aromatic rings. The number of fused-ring (bicyclic) bond motifs is 3. The van der Waals surface area contributed by atoms with Gasteiger partial charge in [0.15, 0.2) is 0 Å². The first-order chi connectivity index (χ1) is 14.1. The molecule has 1 fully saturated rings. The fourth-order valence-corrected chi connectivity index (χ4v) is 4.53. The lowest BCUT2D eigenvalue weighted by Crippen LogP contribution is -2.61. The van der Waals surface area contributed by atoms with Crippen LogP contribution < -0.4 is 19.9 Å². The van der Waals surface area contributed by atoms with Gasteiger partial charge in [-0.15, -0.1) is 0 Å². The monoisotopic (exact) mass is 393 g/mol. The summed E-state index contributed by atoms with van der Waals surface area (Å²) in [5, 5.41) is 3.23. The number of anilines is 2. The minimum Gasteiger partial charge on any atom is -0.497 e. The van der Waals surface area contributed by atoms with E-state index in [0.717, 1.165) is 38.2 Å². The Hall–Kier alpha value is -2.69. The number of amides is 1. The Balaban J connectivity index is 1.66. The number of hydrogen-bond donors (Lipinski definition) is 1. The maximum absolute atomic E-state index is 13.2. The van der Waals surface area contributed by atoms with Gasteiger partial charge in [0, 0.05) is 43.1 Å². The predicted octanol–water partition coefficient (Wildman–Crippen LogP) is 3.48. The van der Waals surface area contributed by atoms with Gasteiger partial charge in [-0.2, -0.15) is 0 Å². The lowest BCUT2D eigenvalue weighted by atomic mass is 9.83. The van der Waals surface area contributed by atoms with Crippen LogP contribution in [0.4, 0.5) is 11.4 Å². The molecule has 0 saturated carbocycles. The van der Waals surface area contributed by atoms with Crippen molar-refractivity contribution in [1.82, 2.24) is 5.32 Å². The van der Waals surface area contributed by atoms with Gasteiger partial charge in [0.2, 0.25) is 5.91 Å². The molecule has 2 heterocycles. The van der Waals surface area contributed by atoms with E-state index < -0.39 is 0 Å². The maximum Gasteiger partial charge on any atom is 0.225 e. The lowest BCUT2D eigenvalue weighted by molar-refractivity contribution is -0.126. The smallest absolute Gasteiger partial charge is 0.225 e. The van der Waals surface area contributed by atoms with Crippen LogP contribution >= 0.6 is 0 Å². The quantitative estimate of drug-likeness (QED) is 0.845. The number of carbonyl (C=O) groups is 1. The maximum atomic E-state index is 13.2. The fraction of sp³-hybridized carbons (Fsp3) is 0.458. The molecule has 2 aliphatic rings. The third-order valence-electron chi connectivity index (χ3n) is 6.38. The van der Waals surface area contributed by atoms with E-state index in [1.54, 1.807) is 7.11 Å². The minimum absolute atomic E-state index is 0.0589. The lowest BCUT2D eigenvalue weighted by Gasteiger charge is -2.49. The third kappa shape index (κ3) is 3.91. The van der Waals surface area contributed by atoms with Crippen molar-refractivity contribution >= 4 is 17.3 Å². The molecule has 0 aliphatic carbocycles. The van der Waals surface area contributed by atoms with Crippen LogP contribution in [0.2, 0.25) is 0 Å². The summed E-state index contributed by atoms with van der Waals surface area (Å²) >= 11 is 0. The zero-order valence-corrected chi connectivity index (χ0v) is 17.6. The van der Waals surface area contributed by atoms with Gasteiger partial charge in [0.25, 0.3) is 0 Å². The van der Waals surface area contributed by atoms with Gasteiger partial charge < -0.3 is 19.9 Å². The Morgan fingerprint density at radius 2 is 2.00 bits per heavy atom. The number of hydrogen-bond acceptors (Lipinski definition) is 4. The minimum atomic E-state index is -0.0589. The zero-order chi connectivity index (χ0) is 20.4. The predicted molar refractivity (Wildman–Crippen MR) is 118 cm³/mol. The molecule has 29 heavy (non-hydrogen) atoms. The molecular weight excluding hydrogens is 362 g/mol. The van der Waals surface area contributed by atoms with E-state index in [9.17, 15) is 4.79 Å². The van der Waals surface area contributed by atoms with E-state index in [1.165, 1.54) is 16.9 Å². The molecule has 2 aliphatic heterocycles. The number of para-hydroxylation sites is 1. The Morgan fingerprint density at radius 3 is 2.72 bits per heavy atom. The molecule has 3 atom stereocenters. The molecule has 154 valence electrons. The first kappa shape index (κ1) is 19.6. The molecule has 1 amide bonds. The first-order valence-electron chi connectivity index (χ1n) is 10.6. The van der Waals surface area contributed by atoms with Gasteiger partial charge in [-0.05, 0) is 43.5 Å². The van der Waals surface area contributed by atoms with Crippen LogP contribution in [0.1, 0.15) is 25.8 Å². The van der Waals surface area contributed by atoms with E-state index in [-0.39, 0.29) is 23.9 Å². The summed E-state index contributed by atoms with van der Waals surface area (Å²) in [5.41, 5.74) is 3.68. The van der Waals surface area contributed by atoms with E-state index >= 15 is 0 Å². The van der Waals surface area contributed by atoms with E-state index in [2.05, 4.69) is 65.4 Å². The molecule has 1 N–H and O–H groups in total. The highest BCUT2D eigenvalue weighted by Crippen LogP contribution is 2.39. The molecule has 5 heteroatoms. The highest BCUT2D eigenvalue weighted by atomic mass is 16.5. The van der Waals surface area contributed by atoms with Gasteiger partial charge in [0.1, 0.15) is 5.75 Å². The Kier molecular flexibility index (Phi) is 5.65. The highest BCUT2D eigenvalue weighted by molar-refractivity contribution is 5.82. The second-order valence-electron chi connectivity index (χ2n) is 8.17. The molecule has 2 aromatic carbocycles. The zero-order valence-electron chi connectivity index (χ0n) is 17.6. The van der Waals surface area contributed by atoms with Crippen molar-refractivity contribution in [3.63, 3.8) is 0 Å². The van der Waals surface area contributed by atoms with Crippen molar-refractivity contribution in [2.45, 2.75) is 38.8 Å². The summed E-state index contributed by atoms with van der Waals surface area (Å²) in [6.07, 6.45) is 1.71. The average molecular weight is 394 g/mol. The first-order valence-corrected chi connectivity index (χ1v) is 10.6. The highest BCUT2D eigenvalue weighted by Gasteiger charge is 2.41. The van der Waals surface area contributed by atoms with Crippen LogP contribution in [0.5, 0.6) is 5.75 Å². The van der Waals surface area contributed by atoms with Crippen LogP contribution in [0.25, 0.3) is 0 Å². The second-order valence-corrected chi connectivity index (χ2v) is 8.17. The number of piperazine rings is 1. The van der Waals surface area contributed by atoms with Crippen molar-refractivity contribution in [2.75, 3.05) is 36.5 Å². The van der Waals surface area contributed by atoms with Gasteiger partial charge in [-0.25, -0.2) is 0 Å². The van der Waals surface area contributed by atoms with E-state index in [1.807, 2.05) is 12.1 Å². The molecule has 0 unspecified atom stereocenters. The number of benzene rings is 2. The number of nitrogens with one attached hydrogen (secondary N) is 1. The molecule has 0 spiro atoms. The summed E-state index contributed by atoms with van der Waals surface area (Å²) in [4.78, 5) is 18.1. The summed E-state index contributed by atoms with van der Waals surface area (Å²) in [6, 6.07) is 17.1. The molecule has 0 aromatic heterocycles. The van der Waals surface area contributed by atoms with Crippen molar-refractivity contribution in [2.24, 2.45) is 5.92 Å². The third-order valence-corrected chi connectivity index (χ3v) is 6.38. The van der Waals surface area contributed by atoms with E-state index in [0.29, 0.717) is 0 Å². The van der Waals surface area contributed by atoms with Crippen LogP contribution in [0, 0.1) is 5.92 Å². The summed E-state index contributed by atoms with van der Waals surface area (Å²) in [6.45, 7) is 6.87. The Bertz CT molecular complexity index is 854. The number of ether oxygens (including phenoxy) is 1. The van der Waals surface area contributed by atoms with Gasteiger partial charge >= 0.3 is 0 Å². The Morgan fingerprint density at radius 1 is 1.21 bits per heavy atom. The van der Waals surface area contributed by atoms with Crippen molar-refractivity contribution in [1.29, 1.82) is 0 Å². The van der Waals surface area contributed by atoms with Gasteiger partial charge in [-0.3, -0.25) is 4.79 Å². The summed E-state index contributed by atoms with van der Waals surface area (Å²) in [7, 11) is 1.71. The number of methoxy groups -OCH3 is 1. The molecule has 0 bridgehead atoms. The van der Waals surface area contributed by atoms with Crippen molar-refractivity contribution in [3.05, 3.63) is 54.1 Å². The Labute approximate surface area is 173 Å². The van der Waals surface area contributed by atoms with Crippen molar-refractivity contribution < 1.29 is 9.53 Å². The average Bonchev–Trinajstić information content (AvgIpc) is 2.78.